The molecule has 0 N–H and O–H groups in total. The van der Waals surface area contributed by atoms with Crippen LogP contribution < -0.4 is 15.8 Å². The average molecular weight is 435 g/mol. The van der Waals surface area contributed by atoms with E-state index in [0.29, 0.717) is 16.0 Å². The minimum Gasteiger partial charge on any atom is -0.461 e. The molecule has 0 aliphatic carbocycles. The first kappa shape index (κ1) is 18.9. The Balaban J connectivity index is 1.68. The summed E-state index contributed by atoms with van der Waals surface area (Å²) in [6.07, 6.45) is 1.38. The molecule has 8 heteroatoms. The van der Waals surface area contributed by atoms with Crippen molar-refractivity contribution in [2.45, 2.75) is 0 Å². The van der Waals surface area contributed by atoms with Crippen LogP contribution in [0, 0.1) is 0 Å². The monoisotopic (exact) mass is 434 g/mol. The maximum atomic E-state index is 13.1. The average Bonchev–Trinajstić information content (AvgIpc) is 3.30. The van der Waals surface area contributed by atoms with Gasteiger partial charge in [0.2, 0.25) is 16.9 Å². The summed E-state index contributed by atoms with van der Waals surface area (Å²) in [5.74, 6) is -1.42. The van der Waals surface area contributed by atoms with E-state index in [4.69, 9.17) is 29.6 Å². The zero-order valence-electron chi connectivity index (χ0n) is 15.6. The molecule has 0 aliphatic heterocycles. The normalized spacial score (nSPS) is 11.1. The van der Waals surface area contributed by atoms with E-state index in [1.807, 2.05) is 0 Å². The molecule has 0 aliphatic rings. The van der Waals surface area contributed by atoms with Crippen LogP contribution >= 0.6 is 11.6 Å². The summed E-state index contributed by atoms with van der Waals surface area (Å²) in [7, 11) is 0. The molecule has 0 amide bonds. The van der Waals surface area contributed by atoms with Crippen molar-refractivity contribution in [3.05, 3.63) is 98.2 Å². The molecule has 0 atom stereocenters. The number of ether oxygens (including phenoxy) is 1. The van der Waals surface area contributed by atoms with E-state index in [2.05, 4.69) is 0 Å². The number of furan rings is 1. The Morgan fingerprint density at radius 3 is 2.55 bits per heavy atom. The predicted molar refractivity (Wildman–Crippen MR) is 113 cm³/mol. The standard InChI is InChI=1S/C23H11ClO7/c24-13-7-8-17-14(11-13)19(25)21(20(29-17)18-6-3-9-28-18)31-23(27)15-10-12-4-1-2-5-16(12)30-22(15)26/h1-11H. The molecule has 0 radical (unpaired) electrons. The lowest BCUT2D eigenvalue weighted by molar-refractivity contribution is 0.0727. The molecule has 0 saturated carbocycles. The summed E-state index contributed by atoms with van der Waals surface area (Å²) in [5.41, 5.74) is -1.36. The molecule has 5 rings (SSSR count). The van der Waals surface area contributed by atoms with Crippen LogP contribution in [0.25, 0.3) is 33.5 Å². The van der Waals surface area contributed by atoms with Crippen LogP contribution in [0.1, 0.15) is 10.4 Å². The van der Waals surface area contributed by atoms with Gasteiger partial charge in [-0.15, -0.1) is 0 Å². The Hall–Kier alpha value is -4.10. The Morgan fingerprint density at radius 1 is 0.903 bits per heavy atom. The van der Waals surface area contributed by atoms with E-state index in [1.54, 1.807) is 42.5 Å². The van der Waals surface area contributed by atoms with E-state index in [0.717, 1.165) is 0 Å². The van der Waals surface area contributed by atoms with Crippen molar-refractivity contribution in [3.8, 4) is 17.3 Å². The highest BCUT2D eigenvalue weighted by Gasteiger charge is 2.25. The van der Waals surface area contributed by atoms with Crippen molar-refractivity contribution < 1.29 is 22.8 Å². The first-order valence-electron chi connectivity index (χ1n) is 9.06. The Morgan fingerprint density at radius 2 is 1.74 bits per heavy atom. The second-order valence-electron chi connectivity index (χ2n) is 6.58. The van der Waals surface area contributed by atoms with Crippen molar-refractivity contribution in [3.63, 3.8) is 0 Å². The fourth-order valence-corrected chi connectivity index (χ4v) is 3.34. The van der Waals surface area contributed by atoms with Crippen LogP contribution in [0.4, 0.5) is 0 Å². The summed E-state index contributed by atoms with van der Waals surface area (Å²) < 4.78 is 21.6. The Bertz CT molecular complexity index is 1580. The molecule has 2 aromatic carbocycles. The van der Waals surface area contributed by atoms with Gasteiger partial charge in [-0.1, -0.05) is 29.8 Å². The quantitative estimate of drug-likeness (QED) is 0.290. The molecule has 31 heavy (non-hydrogen) atoms. The minimum absolute atomic E-state index is 0.0941. The van der Waals surface area contributed by atoms with Crippen LogP contribution in [0.5, 0.6) is 5.75 Å². The lowest BCUT2D eigenvalue weighted by Gasteiger charge is -2.09. The fraction of sp³-hybridized carbons (Fsp3) is 0. The predicted octanol–water partition coefficient (Wildman–Crippen LogP) is 5.03. The highest BCUT2D eigenvalue weighted by Crippen LogP contribution is 2.32. The molecule has 0 unspecified atom stereocenters. The van der Waals surface area contributed by atoms with Crippen LogP contribution in [-0.2, 0) is 0 Å². The molecule has 152 valence electrons. The van der Waals surface area contributed by atoms with E-state index in [-0.39, 0.29) is 28.1 Å². The molecular formula is C23H11ClO7. The maximum absolute atomic E-state index is 13.1. The number of benzene rings is 2. The van der Waals surface area contributed by atoms with Crippen molar-refractivity contribution in [1.29, 1.82) is 0 Å². The number of carbonyl (C=O) groups is 1. The van der Waals surface area contributed by atoms with Crippen LogP contribution in [-0.4, -0.2) is 5.97 Å². The van der Waals surface area contributed by atoms with E-state index >= 15 is 0 Å². The molecule has 0 bridgehead atoms. The van der Waals surface area contributed by atoms with Gasteiger partial charge in [0, 0.05) is 10.4 Å². The summed E-state index contributed by atoms with van der Waals surface area (Å²) >= 11 is 6.00. The second kappa shape index (κ2) is 7.30. The summed E-state index contributed by atoms with van der Waals surface area (Å²) in [6.45, 7) is 0. The van der Waals surface area contributed by atoms with Gasteiger partial charge in [-0.2, -0.15) is 0 Å². The molecule has 5 aromatic rings. The number of halogens is 1. The van der Waals surface area contributed by atoms with E-state index in [1.165, 1.54) is 24.5 Å². The first-order valence-corrected chi connectivity index (χ1v) is 9.44. The summed E-state index contributed by atoms with van der Waals surface area (Å²) in [6, 6.07) is 15.7. The number of hydrogen-bond donors (Lipinski definition) is 0. The highest BCUT2D eigenvalue weighted by molar-refractivity contribution is 6.31. The molecule has 0 spiro atoms. The van der Waals surface area contributed by atoms with Gasteiger partial charge in [-0.25, -0.2) is 9.59 Å². The van der Waals surface area contributed by atoms with E-state index in [9.17, 15) is 14.4 Å². The number of carbonyl (C=O) groups excluding carboxylic acids is 1. The van der Waals surface area contributed by atoms with Crippen molar-refractivity contribution in [2.24, 2.45) is 0 Å². The van der Waals surface area contributed by atoms with Crippen LogP contribution in [0.2, 0.25) is 5.02 Å². The van der Waals surface area contributed by atoms with E-state index < -0.39 is 22.8 Å². The Kier molecular flexibility index (Phi) is 4.45. The summed E-state index contributed by atoms with van der Waals surface area (Å²) in [5, 5.41) is 0.937. The number of para-hydroxylation sites is 1. The van der Waals surface area contributed by atoms with Gasteiger partial charge in [0.15, 0.2) is 5.76 Å². The highest BCUT2D eigenvalue weighted by atomic mass is 35.5. The van der Waals surface area contributed by atoms with Gasteiger partial charge in [0.25, 0.3) is 0 Å². The smallest absolute Gasteiger partial charge is 0.351 e. The molecule has 0 fully saturated rings. The van der Waals surface area contributed by atoms with Crippen molar-refractivity contribution in [2.75, 3.05) is 0 Å². The zero-order chi connectivity index (χ0) is 21.5. The largest absolute Gasteiger partial charge is 0.461 e. The van der Waals surface area contributed by atoms with Gasteiger partial charge in [0.1, 0.15) is 16.7 Å². The van der Waals surface area contributed by atoms with Gasteiger partial charge in [0.05, 0.1) is 11.6 Å². The number of esters is 1. The third kappa shape index (κ3) is 3.31. The minimum atomic E-state index is -1.07. The number of rotatable bonds is 3. The topological polar surface area (TPSA) is 99.9 Å². The van der Waals surface area contributed by atoms with Crippen molar-refractivity contribution >= 4 is 39.5 Å². The number of hydrogen-bond acceptors (Lipinski definition) is 7. The van der Waals surface area contributed by atoms with Crippen LogP contribution in [0.3, 0.4) is 0 Å². The zero-order valence-corrected chi connectivity index (χ0v) is 16.3. The SMILES string of the molecule is O=C(Oc1c(-c2ccco2)oc2ccc(Cl)cc2c1=O)c1cc2ccccc2oc1=O. The Labute approximate surface area is 178 Å². The molecule has 3 heterocycles. The molecule has 0 saturated heterocycles. The third-order valence-electron chi connectivity index (χ3n) is 4.61. The number of fused-ring (bicyclic) bond motifs is 2. The molecule has 7 nitrogen and oxygen atoms in total. The lowest BCUT2D eigenvalue weighted by Crippen LogP contribution is -2.22. The van der Waals surface area contributed by atoms with Gasteiger partial charge >= 0.3 is 11.6 Å². The van der Waals surface area contributed by atoms with Crippen molar-refractivity contribution in [1.82, 2.24) is 0 Å². The first-order chi connectivity index (χ1) is 15.0. The lowest BCUT2D eigenvalue weighted by atomic mass is 10.1. The fourth-order valence-electron chi connectivity index (χ4n) is 3.16. The summed E-state index contributed by atoms with van der Waals surface area (Å²) in [4.78, 5) is 38.3. The van der Waals surface area contributed by atoms with Crippen LogP contribution in [0.15, 0.2) is 89.8 Å². The second-order valence-corrected chi connectivity index (χ2v) is 7.02. The molecule has 3 aromatic heterocycles. The third-order valence-corrected chi connectivity index (χ3v) is 4.85. The molecular weight excluding hydrogens is 424 g/mol. The van der Waals surface area contributed by atoms with Gasteiger partial charge in [-0.05, 0) is 42.5 Å². The van der Waals surface area contributed by atoms with Gasteiger partial charge < -0.3 is 18.0 Å². The maximum Gasteiger partial charge on any atom is 0.351 e. The van der Waals surface area contributed by atoms with Gasteiger partial charge in [-0.3, -0.25) is 4.79 Å².